The smallest absolute Gasteiger partial charge is 0.0956 e. The van der Waals surface area contributed by atoms with Gasteiger partial charge in [0.1, 0.15) is 0 Å². The van der Waals surface area contributed by atoms with E-state index < -0.39 is 0 Å². The summed E-state index contributed by atoms with van der Waals surface area (Å²) in [5, 5.41) is 10.9. The Balaban J connectivity index is 1.67. The predicted octanol–water partition coefficient (Wildman–Crippen LogP) is 3.25. The molecule has 0 amide bonds. The number of aliphatic hydroxyl groups excluding tert-OH is 1. The summed E-state index contributed by atoms with van der Waals surface area (Å²) in [7, 11) is 0. The SMILES string of the molecule is O[C@@H]1C2CCC(CC2)[C@H]1[C@H]1c2ccccc2-c2cncn21. The minimum atomic E-state index is -0.149. The van der Waals surface area contributed by atoms with Crippen LogP contribution in [0.3, 0.4) is 0 Å². The number of nitrogens with zero attached hydrogens (tertiary/aromatic N) is 2. The average Bonchev–Trinajstić information content (AvgIpc) is 3.10. The fourth-order valence-corrected chi connectivity index (χ4v) is 5.17. The normalized spacial score (nSPS) is 36.5. The van der Waals surface area contributed by atoms with Crippen LogP contribution >= 0.6 is 0 Å². The number of benzene rings is 1. The molecule has 3 aliphatic carbocycles. The van der Waals surface area contributed by atoms with E-state index in [1.807, 2.05) is 12.5 Å². The predicted molar refractivity (Wildman–Crippen MR) is 80.7 cm³/mol. The first-order valence-corrected chi connectivity index (χ1v) is 8.14. The van der Waals surface area contributed by atoms with Gasteiger partial charge in [-0.2, -0.15) is 0 Å². The van der Waals surface area contributed by atoms with Crippen LogP contribution in [0.2, 0.25) is 0 Å². The Morgan fingerprint density at radius 1 is 1.05 bits per heavy atom. The van der Waals surface area contributed by atoms with Crippen molar-refractivity contribution in [2.24, 2.45) is 17.8 Å². The van der Waals surface area contributed by atoms with Crippen LogP contribution in [0.25, 0.3) is 11.3 Å². The average molecular weight is 280 g/mol. The first-order valence-electron chi connectivity index (χ1n) is 8.14. The molecule has 3 fully saturated rings. The Bertz CT molecular complexity index is 682. The van der Waals surface area contributed by atoms with E-state index in [0.29, 0.717) is 17.8 Å². The minimum Gasteiger partial charge on any atom is -0.392 e. The molecule has 1 aliphatic heterocycles. The van der Waals surface area contributed by atoms with Crippen molar-refractivity contribution in [1.29, 1.82) is 0 Å². The molecule has 0 radical (unpaired) electrons. The van der Waals surface area contributed by atoms with Crippen molar-refractivity contribution in [3.8, 4) is 11.3 Å². The zero-order chi connectivity index (χ0) is 14.0. The molecule has 1 N–H and O–H groups in total. The van der Waals surface area contributed by atoms with E-state index in [0.717, 1.165) is 0 Å². The van der Waals surface area contributed by atoms with Gasteiger partial charge in [-0.15, -0.1) is 0 Å². The summed E-state index contributed by atoms with van der Waals surface area (Å²) in [4.78, 5) is 4.36. The largest absolute Gasteiger partial charge is 0.392 e. The monoisotopic (exact) mass is 280 g/mol. The molecule has 0 unspecified atom stereocenters. The van der Waals surface area contributed by atoms with Crippen molar-refractivity contribution < 1.29 is 5.11 Å². The summed E-state index contributed by atoms with van der Waals surface area (Å²) in [6.07, 6.45) is 8.77. The molecule has 3 saturated carbocycles. The van der Waals surface area contributed by atoms with E-state index in [1.54, 1.807) is 0 Å². The molecular weight excluding hydrogens is 260 g/mol. The van der Waals surface area contributed by atoms with Crippen molar-refractivity contribution in [1.82, 2.24) is 9.55 Å². The van der Waals surface area contributed by atoms with Gasteiger partial charge >= 0.3 is 0 Å². The highest BCUT2D eigenvalue weighted by Gasteiger charge is 2.49. The molecule has 0 saturated heterocycles. The van der Waals surface area contributed by atoms with Crippen molar-refractivity contribution in [3.05, 3.63) is 42.4 Å². The molecule has 3 nitrogen and oxygen atoms in total. The number of aromatic nitrogens is 2. The zero-order valence-corrected chi connectivity index (χ0v) is 12.0. The number of imidazole rings is 1. The highest BCUT2D eigenvalue weighted by atomic mass is 16.3. The number of hydrogen-bond donors (Lipinski definition) is 1. The second-order valence-corrected chi connectivity index (χ2v) is 6.96. The van der Waals surface area contributed by atoms with Gasteiger partial charge < -0.3 is 9.67 Å². The molecule has 1 aromatic carbocycles. The van der Waals surface area contributed by atoms with E-state index in [-0.39, 0.29) is 12.1 Å². The molecule has 2 heterocycles. The van der Waals surface area contributed by atoms with Gasteiger partial charge in [-0.3, -0.25) is 0 Å². The van der Waals surface area contributed by atoms with E-state index in [9.17, 15) is 5.11 Å². The fourth-order valence-electron chi connectivity index (χ4n) is 5.17. The van der Waals surface area contributed by atoms with Crippen LogP contribution in [0.4, 0.5) is 0 Å². The van der Waals surface area contributed by atoms with Crippen LogP contribution in [-0.2, 0) is 0 Å². The summed E-state index contributed by atoms with van der Waals surface area (Å²) in [6, 6.07) is 8.93. The molecule has 4 aliphatic rings. The van der Waals surface area contributed by atoms with Gasteiger partial charge in [0.2, 0.25) is 0 Å². The lowest BCUT2D eigenvalue weighted by Gasteiger charge is -2.49. The Morgan fingerprint density at radius 2 is 1.81 bits per heavy atom. The molecule has 6 rings (SSSR count). The molecule has 3 atom stereocenters. The van der Waals surface area contributed by atoms with Crippen LogP contribution in [-0.4, -0.2) is 20.8 Å². The third-order valence-corrected chi connectivity index (χ3v) is 6.12. The van der Waals surface area contributed by atoms with Crippen molar-refractivity contribution in [2.45, 2.75) is 37.8 Å². The van der Waals surface area contributed by atoms with Crippen LogP contribution in [0.1, 0.15) is 37.3 Å². The Hall–Kier alpha value is -1.61. The Morgan fingerprint density at radius 3 is 2.62 bits per heavy atom. The lowest BCUT2D eigenvalue weighted by molar-refractivity contribution is -0.0693. The lowest BCUT2D eigenvalue weighted by Crippen LogP contribution is -2.47. The van der Waals surface area contributed by atoms with Gasteiger partial charge in [0, 0.05) is 11.5 Å². The second-order valence-electron chi connectivity index (χ2n) is 6.96. The Labute approximate surface area is 124 Å². The number of hydrogen-bond acceptors (Lipinski definition) is 2. The molecule has 21 heavy (non-hydrogen) atoms. The van der Waals surface area contributed by atoms with E-state index in [2.05, 4.69) is 33.8 Å². The molecule has 3 heteroatoms. The summed E-state index contributed by atoms with van der Waals surface area (Å²) >= 11 is 0. The van der Waals surface area contributed by atoms with Crippen molar-refractivity contribution >= 4 is 0 Å². The van der Waals surface area contributed by atoms with E-state index in [1.165, 1.54) is 42.5 Å². The third-order valence-electron chi connectivity index (χ3n) is 6.12. The molecule has 2 bridgehead atoms. The second kappa shape index (κ2) is 4.20. The quantitative estimate of drug-likeness (QED) is 0.870. The topological polar surface area (TPSA) is 38.1 Å². The lowest BCUT2D eigenvalue weighted by atomic mass is 9.60. The molecular formula is C18H20N2O. The summed E-state index contributed by atoms with van der Waals surface area (Å²) in [5.41, 5.74) is 3.89. The van der Waals surface area contributed by atoms with E-state index >= 15 is 0 Å². The Kier molecular flexibility index (Phi) is 2.40. The highest BCUT2D eigenvalue weighted by Crippen LogP contribution is 2.54. The molecule has 2 aromatic rings. The van der Waals surface area contributed by atoms with Gasteiger partial charge in [0.25, 0.3) is 0 Å². The number of rotatable bonds is 1. The van der Waals surface area contributed by atoms with Gasteiger partial charge in [-0.25, -0.2) is 4.98 Å². The van der Waals surface area contributed by atoms with Crippen LogP contribution in [0.5, 0.6) is 0 Å². The van der Waals surface area contributed by atoms with E-state index in [4.69, 9.17) is 0 Å². The van der Waals surface area contributed by atoms with Crippen molar-refractivity contribution in [3.63, 3.8) is 0 Å². The van der Waals surface area contributed by atoms with Gasteiger partial charge in [0.15, 0.2) is 0 Å². The van der Waals surface area contributed by atoms with Crippen LogP contribution in [0, 0.1) is 17.8 Å². The number of aliphatic hydroxyl groups is 1. The van der Waals surface area contributed by atoms with Gasteiger partial charge in [-0.1, -0.05) is 24.3 Å². The highest BCUT2D eigenvalue weighted by molar-refractivity contribution is 5.69. The summed E-state index contributed by atoms with van der Waals surface area (Å²) < 4.78 is 2.30. The minimum absolute atomic E-state index is 0.149. The van der Waals surface area contributed by atoms with Gasteiger partial charge in [-0.05, 0) is 43.1 Å². The first kappa shape index (κ1) is 12.0. The fraction of sp³-hybridized carbons (Fsp3) is 0.500. The van der Waals surface area contributed by atoms with Crippen LogP contribution < -0.4 is 0 Å². The maximum atomic E-state index is 10.9. The molecule has 108 valence electrons. The molecule has 1 aromatic heterocycles. The standard InChI is InChI=1S/C18H20N2O/c21-18-12-7-5-11(6-8-12)16(18)17-14-4-2-1-3-13(14)15-9-19-10-20(15)17/h1-4,9-12,16-18,21H,5-8H2/t11?,12?,16-,17+,18+/m0/s1. The maximum absolute atomic E-state index is 10.9. The van der Waals surface area contributed by atoms with Crippen LogP contribution in [0.15, 0.2) is 36.8 Å². The maximum Gasteiger partial charge on any atom is 0.0956 e. The summed E-state index contributed by atoms with van der Waals surface area (Å²) in [6.45, 7) is 0. The first-order chi connectivity index (χ1) is 10.3. The molecule has 0 spiro atoms. The zero-order valence-electron chi connectivity index (χ0n) is 12.0. The van der Waals surface area contributed by atoms with Crippen molar-refractivity contribution in [2.75, 3.05) is 0 Å². The van der Waals surface area contributed by atoms with Gasteiger partial charge in [0.05, 0.1) is 30.4 Å². The summed E-state index contributed by atoms with van der Waals surface area (Å²) in [5.74, 6) is 1.53. The number of fused-ring (bicyclic) bond motifs is 6. The third kappa shape index (κ3) is 1.50.